The molecule has 1 aromatic carbocycles. The van der Waals surface area contributed by atoms with Gasteiger partial charge in [-0.15, -0.1) is 0 Å². The van der Waals surface area contributed by atoms with E-state index in [0.717, 1.165) is 0 Å². The van der Waals surface area contributed by atoms with Crippen molar-refractivity contribution in [2.75, 3.05) is 19.8 Å². The van der Waals surface area contributed by atoms with Gasteiger partial charge in [0, 0.05) is 6.54 Å². The number of carbonyl (C=O) groups excluding carboxylic acids is 1. The molecule has 0 aliphatic carbocycles. The van der Waals surface area contributed by atoms with Crippen LogP contribution in [0.4, 0.5) is 0 Å². The molecule has 0 bridgehead atoms. The molecule has 0 unspecified atom stereocenters. The number of nitrogens with two attached hydrogens (primary N) is 1. The van der Waals surface area contributed by atoms with E-state index in [0.29, 0.717) is 31.7 Å². The zero-order chi connectivity index (χ0) is 14.7. The minimum atomic E-state index is -0.667. The Hall–Kier alpha value is -1.79. The normalized spacial score (nSPS) is 20.7. The van der Waals surface area contributed by atoms with Crippen molar-refractivity contribution in [1.29, 1.82) is 0 Å². The zero-order valence-electron chi connectivity index (χ0n) is 11.5. The second kappa shape index (κ2) is 6.11. The van der Waals surface area contributed by atoms with Gasteiger partial charge >= 0.3 is 0 Å². The summed E-state index contributed by atoms with van der Waals surface area (Å²) < 4.78 is 5.29. The fraction of sp³-hybridized carbons (Fsp3) is 0.500. The number of rotatable bonds is 3. The standard InChI is InChI=1S/C14H20N2O4/c1-9-8-20-5-4-16(9)14(19)11(15)6-10-2-3-12(17)13(18)7-10/h2-3,7,9,11,17-18H,4-6,8,15H2,1H3/t9-,11+/m1/s1. The molecule has 1 amide bonds. The lowest BCUT2D eigenvalue weighted by molar-refractivity contribution is -0.140. The van der Waals surface area contributed by atoms with Crippen molar-refractivity contribution in [1.82, 2.24) is 4.90 Å². The first-order valence-corrected chi connectivity index (χ1v) is 6.63. The molecular formula is C14H20N2O4. The number of ether oxygens (including phenoxy) is 1. The first kappa shape index (κ1) is 14.6. The first-order chi connectivity index (χ1) is 9.49. The third kappa shape index (κ3) is 3.20. The summed E-state index contributed by atoms with van der Waals surface area (Å²) >= 11 is 0. The lowest BCUT2D eigenvalue weighted by atomic mass is 10.0. The van der Waals surface area contributed by atoms with Crippen LogP contribution < -0.4 is 5.73 Å². The van der Waals surface area contributed by atoms with Crippen molar-refractivity contribution in [3.05, 3.63) is 23.8 Å². The molecule has 1 aliphatic rings. The predicted molar refractivity (Wildman–Crippen MR) is 73.4 cm³/mol. The molecule has 0 spiro atoms. The van der Waals surface area contributed by atoms with Crippen LogP contribution in [0, 0.1) is 0 Å². The number of phenols is 2. The zero-order valence-corrected chi connectivity index (χ0v) is 11.5. The van der Waals surface area contributed by atoms with Gasteiger partial charge in [0.1, 0.15) is 0 Å². The van der Waals surface area contributed by atoms with Crippen LogP contribution in [0.25, 0.3) is 0 Å². The number of amides is 1. The lowest BCUT2D eigenvalue weighted by Crippen LogP contribution is -2.53. The Morgan fingerprint density at radius 2 is 2.25 bits per heavy atom. The van der Waals surface area contributed by atoms with Gasteiger partial charge in [-0.25, -0.2) is 0 Å². The molecule has 1 aromatic rings. The molecule has 6 heteroatoms. The topological polar surface area (TPSA) is 96.0 Å². The molecule has 20 heavy (non-hydrogen) atoms. The average molecular weight is 280 g/mol. The van der Waals surface area contributed by atoms with Gasteiger partial charge in [-0.1, -0.05) is 6.07 Å². The van der Waals surface area contributed by atoms with Crippen LogP contribution in [-0.2, 0) is 16.0 Å². The highest BCUT2D eigenvalue weighted by atomic mass is 16.5. The number of morpholine rings is 1. The van der Waals surface area contributed by atoms with E-state index in [1.165, 1.54) is 12.1 Å². The molecule has 1 fully saturated rings. The van der Waals surface area contributed by atoms with Crippen molar-refractivity contribution in [3.63, 3.8) is 0 Å². The number of aromatic hydroxyl groups is 2. The SMILES string of the molecule is C[C@@H]1COCCN1C(=O)[C@@H](N)Cc1ccc(O)c(O)c1. The maximum Gasteiger partial charge on any atom is 0.240 e. The molecular weight excluding hydrogens is 260 g/mol. The number of hydrogen-bond donors (Lipinski definition) is 3. The fourth-order valence-electron chi connectivity index (χ4n) is 2.30. The lowest BCUT2D eigenvalue weighted by Gasteiger charge is -2.35. The minimum absolute atomic E-state index is 0.0236. The second-order valence-corrected chi connectivity index (χ2v) is 5.09. The molecule has 2 atom stereocenters. The number of phenolic OH excluding ortho intramolecular Hbond substituents is 2. The van der Waals surface area contributed by atoms with Crippen molar-refractivity contribution >= 4 is 5.91 Å². The van der Waals surface area contributed by atoms with Gasteiger partial charge < -0.3 is 25.6 Å². The van der Waals surface area contributed by atoms with E-state index >= 15 is 0 Å². The summed E-state index contributed by atoms with van der Waals surface area (Å²) in [5.74, 6) is -0.509. The molecule has 0 radical (unpaired) electrons. The monoisotopic (exact) mass is 280 g/mol. The summed E-state index contributed by atoms with van der Waals surface area (Å²) in [6, 6.07) is 3.81. The third-order valence-corrected chi connectivity index (χ3v) is 3.46. The molecule has 0 saturated carbocycles. The largest absolute Gasteiger partial charge is 0.504 e. The van der Waals surface area contributed by atoms with Crippen LogP contribution in [0.5, 0.6) is 11.5 Å². The summed E-state index contributed by atoms with van der Waals surface area (Å²) in [7, 11) is 0. The Bertz CT molecular complexity index is 492. The molecule has 1 saturated heterocycles. The van der Waals surface area contributed by atoms with E-state index in [4.69, 9.17) is 10.5 Å². The molecule has 2 rings (SSSR count). The molecule has 4 N–H and O–H groups in total. The number of benzene rings is 1. The molecule has 1 aliphatic heterocycles. The highest BCUT2D eigenvalue weighted by Crippen LogP contribution is 2.25. The maximum absolute atomic E-state index is 12.3. The van der Waals surface area contributed by atoms with Crippen LogP contribution in [-0.4, -0.2) is 52.9 Å². The van der Waals surface area contributed by atoms with Gasteiger partial charge in [0.05, 0.1) is 25.3 Å². The Balaban J connectivity index is 2.01. The fourth-order valence-corrected chi connectivity index (χ4v) is 2.30. The Kier molecular flexibility index (Phi) is 4.46. The molecule has 110 valence electrons. The van der Waals surface area contributed by atoms with E-state index in [2.05, 4.69) is 0 Å². The highest BCUT2D eigenvalue weighted by molar-refractivity contribution is 5.82. The molecule has 1 heterocycles. The van der Waals surface area contributed by atoms with E-state index in [9.17, 15) is 15.0 Å². The number of carbonyl (C=O) groups is 1. The smallest absolute Gasteiger partial charge is 0.240 e. The first-order valence-electron chi connectivity index (χ1n) is 6.63. The Labute approximate surface area is 117 Å². The molecule has 6 nitrogen and oxygen atoms in total. The van der Waals surface area contributed by atoms with Crippen LogP contribution >= 0.6 is 0 Å². The summed E-state index contributed by atoms with van der Waals surface area (Å²) in [6.45, 7) is 3.53. The van der Waals surface area contributed by atoms with Crippen LogP contribution in [0.1, 0.15) is 12.5 Å². The summed E-state index contributed by atoms with van der Waals surface area (Å²) in [5.41, 5.74) is 6.66. The predicted octanol–water partition coefficient (Wildman–Crippen LogP) is 0.215. The van der Waals surface area contributed by atoms with Crippen molar-refractivity contribution < 1.29 is 19.7 Å². The molecule has 0 aromatic heterocycles. The number of hydrogen-bond acceptors (Lipinski definition) is 5. The Morgan fingerprint density at radius 1 is 1.50 bits per heavy atom. The van der Waals surface area contributed by atoms with Gasteiger partial charge in [-0.2, -0.15) is 0 Å². The van der Waals surface area contributed by atoms with Crippen molar-refractivity contribution in [3.8, 4) is 11.5 Å². The average Bonchev–Trinajstić information content (AvgIpc) is 2.42. The van der Waals surface area contributed by atoms with Crippen molar-refractivity contribution in [2.45, 2.75) is 25.4 Å². The van der Waals surface area contributed by atoms with Gasteiger partial charge in [0.2, 0.25) is 5.91 Å². The van der Waals surface area contributed by atoms with Crippen molar-refractivity contribution in [2.24, 2.45) is 5.73 Å². The Morgan fingerprint density at radius 3 is 2.90 bits per heavy atom. The second-order valence-electron chi connectivity index (χ2n) is 5.09. The summed E-state index contributed by atoms with van der Waals surface area (Å²) in [4.78, 5) is 14.0. The van der Waals surface area contributed by atoms with Gasteiger partial charge in [-0.05, 0) is 31.0 Å². The van der Waals surface area contributed by atoms with Crippen LogP contribution in [0.3, 0.4) is 0 Å². The van der Waals surface area contributed by atoms with Crippen LogP contribution in [0.15, 0.2) is 18.2 Å². The summed E-state index contributed by atoms with van der Waals surface area (Å²) in [6.07, 6.45) is 0.316. The van der Waals surface area contributed by atoms with E-state index in [-0.39, 0.29) is 23.4 Å². The maximum atomic E-state index is 12.3. The van der Waals surface area contributed by atoms with E-state index in [1.54, 1.807) is 11.0 Å². The summed E-state index contributed by atoms with van der Waals surface area (Å²) in [5, 5.41) is 18.7. The minimum Gasteiger partial charge on any atom is -0.504 e. The quantitative estimate of drug-likeness (QED) is 0.688. The van der Waals surface area contributed by atoms with E-state index < -0.39 is 6.04 Å². The van der Waals surface area contributed by atoms with Gasteiger partial charge in [0.25, 0.3) is 0 Å². The van der Waals surface area contributed by atoms with E-state index in [1.807, 2.05) is 6.92 Å². The third-order valence-electron chi connectivity index (χ3n) is 3.46. The van der Waals surface area contributed by atoms with Gasteiger partial charge in [-0.3, -0.25) is 4.79 Å². The highest BCUT2D eigenvalue weighted by Gasteiger charge is 2.27. The number of nitrogens with zero attached hydrogens (tertiary/aromatic N) is 1. The van der Waals surface area contributed by atoms with Gasteiger partial charge in [0.15, 0.2) is 11.5 Å². The van der Waals surface area contributed by atoms with Crippen LogP contribution in [0.2, 0.25) is 0 Å².